The predicted octanol–water partition coefficient (Wildman–Crippen LogP) is 2.53. The Kier molecular flexibility index (Phi) is 5.73. The summed E-state index contributed by atoms with van der Waals surface area (Å²) in [4.78, 5) is 11.7. The first-order valence-corrected chi connectivity index (χ1v) is 6.33. The molecule has 0 aliphatic carbocycles. The van der Waals surface area contributed by atoms with Gasteiger partial charge in [0.05, 0.1) is 12.1 Å². The second kappa shape index (κ2) is 7.09. The highest BCUT2D eigenvalue weighted by Gasteiger charge is 2.12. The first-order chi connectivity index (χ1) is 8.15. The number of hydrogen-bond acceptors (Lipinski definition) is 3. The lowest BCUT2D eigenvalue weighted by molar-refractivity contribution is -0.120. The molecule has 0 radical (unpaired) electrons. The molecule has 1 rings (SSSR count). The van der Waals surface area contributed by atoms with Gasteiger partial charge in [-0.15, -0.1) is 0 Å². The highest BCUT2D eigenvalue weighted by atomic mass is 16.5. The first-order valence-electron chi connectivity index (χ1n) is 6.33. The van der Waals surface area contributed by atoms with Gasteiger partial charge < -0.3 is 9.84 Å². The Balaban J connectivity index is 2.26. The second-order valence-electron chi connectivity index (χ2n) is 4.39. The van der Waals surface area contributed by atoms with Crippen LogP contribution in [0.3, 0.4) is 0 Å². The van der Waals surface area contributed by atoms with E-state index in [2.05, 4.69) is 17.4 Å². The molecule has 1 aromatic heterocycles. The van der Waals surface area contributed by atoms with E-state index in [-0.39, 0.29) is 5.91 Å². The van der Waals surface area contributed by atoms with Gasteiger partial charge in [-0.05, 0) is 20.3 Å². The molecule has 0 saturated heterocycles. The lowest BCUT2D eigenvalue weighted by Gasteiger charge is -2.04. The van der Waals surface area contributed by atoms with E-state index >= 15 is 0 Å². The maximum absolute atomic E-state index is 11.7. The fourth-order valence-corrected chi connectivity index (χ4v) is 1.76. The molecule has 0 atom stereocenters. The van der Waals surface area contributed by atoms with Gasteiger partial charge in [0.1, 0.15) is 5.76 Å². The average molecular weight is 238 g/mol. The van der Waals surface area contributed by atoms with Crippen LogP contribution >= 0.6 is 0 Å². The van der Waals surface area contributed by atoms with E-state index < -0.39 is 0 Å². The number of aromatic nitrogens is 1. The van der Waals surface area contributed by atoms with E-state index in [0.29, 0.717) is 6.42 Å². The van der Waals surface area contributed by atoms with E-state index in [1.807, 2.05) is 13.8 Å². The Morgan fingerprint density at radius 2 is 2.06 bits per heavy atom. The van der Waals surface area contributed by atoms with Crippen LogP contribution in [-0.4, -0.2) is 17.6 Å². The van der Waals surface area contributed by atoms with Crippen molar-refractivity contribution in [1.82, 2.24) is 10.5 Å². The molecule has 4 heteroatoms. The highest BCUT2D eigenvalue weighted by Crippen LogP contribution is 2.12. The van der Waals surface area contributed by atoms with Crippen molar-refractivity contribution in [3.63, 3.8) is 0 Å². The Morgan fingerprint density at radius 1 is 1.29 bits per heavy atom. The van der Waals surface area contributed by atoms with Crippen LogP contribution in [0.5, 0.6) is 0 Å². The molecule has 17 heavy (non-hydrogen) atoms. The molecule has 0 aliphatic rings. The van der Waals surface area contributed by atoms with Gasteiger partial charge in [0.2, 0.25) is 5.91 Å². The fourth-order valence-electron chi connectivity index (χ4n) is 1.76. The van der Waals surface area contributed by atoms with Crippen LogP contribution < -0.4 is 5.32 Å². The minimum Gasteiger partial charge on any atom is -0.361 e. The largest absolute Gasteiger partial charge is 0.361 e. The second-order valence-corrected chi connectivity index (χ2v) is 4.39. The number of carbonyl (C=O) groups is 1. The zero-order valence-corrected chi connectivity index (χ0v) is 11.0. The summed E-state index contributed by atoms with van der Waals surface area (Å²) in [7, 11) is 0. The van der Waals surface area contributed by atoms with E-state index in [1.165, 1.54) is 19.3 Å². The quantitative estimate of drug-likeness (QED) is 0.743. The van der Waals surface area contributed by atoms with Crippen LogP contribution in [0.25, 0.3) is 0 Å². The fraction of sp³-hybridized carbons (Fsp3) is 0.692. The third-order valence-electron chi connectivity index (χ3n) is 2.87. The van der Waals surface area contributed by atoms with Crippen LogP contribution in [-0.2, 0) is 11.2 Å². The number of unbranched alkanes of at least 4 members (excludes halogenated alkanes) is 3. The Bertz CT molecular complexity index is 339. The maximum atomic E-state index is 11.7. The van der Waals surface area contributed by atoms with Crippen LogP contribution in [0.4, 0.5) is 0 Å². The van der Waals surface area contributed by atoms with Crippen LogP contribution in [0.1, 0.15) is 49.6 Å². The summed E-state index contributed by atoms with van der Waals surface area (Å²) in [6.07, 6.45) is 5.06. The lowest BCUT2D eigenvalue weighted by atomic mass is 10.1. The molecule has 1 N–H and O–H groups in total. The summed E-state index contributed by atoms with van der Waals surface area (Å²) in [5, 5.41) is 6.76. The van der Waals surface area contributed by atoms with Gasteiger partial charge in [-0.1, -0.05) is 31.3 Å². The maximum Gasteiger partial charge on any atom is 0.224 e. The third kappa shape index (κ3) is 4.59. The topological polar surface area (TPSA) is 55.1 Å². The zero-order valence-electron chi connectivity index (χ0n) is 11.0. The van der Waals surface area contributed by atoms with Crippen molar-refractivity contribution in [2.24, 2.45) is 0 Å². The number of nitrogens with zero attached hydrogens (tertiary/aromatic N) is 1. The summed E-state index contributed by atoms with van der Waals surface area (Å²) in [6.45, 7) is 6.64. The molecule has 0 unspecified atom stereocenters. The summed E-state index contributed by atoms with van der Waals surface area (Å²) < 4.78 is 5.02. The van der Waals surface area contributed by atoms with Crippen molar-refractivity contribution in [2.45, 2.75) is 52.9 Å². The Morgan fingerprint density at radius 3 is 2.65 bits per heavy atom. The monoisotopic (exact) mass is 238 g/mol. The molecule has 96 valence electrons. The van der Waals surface area contributed by atoms with E-state index in [9.17, 15) is 4.79 Å². The number of rotatable bonds is 7. The number of hydrogen-bond donors (Lipinski definition) is 1. The van der Waals surface area contributed by atoms with Gasteiger partial charge in [-0.25, -0.2) is 0 Å². The Hall–Kier alpha value is -1.32. The minimum absolute atomic E-state index is 0.0518. The summed E-state index contributed by atoms with van der Waals surface area (Å²) >= 11 is 0. The molecular weight excluding hydrogens is 216 g/mol. The molecule has 4 nitrogen and oxygen atoms in total. The van der Waals surface area contributed by atoms with Gasteiger partial charge in [0.15, 0.2) is 0 Å². The van der Waals surface area contributed by atoms with Crippen LogP contribution in [0.15, 0.2) is 4.52 Å². The minimum atomic E-state index is 0.0518. The van der Waals surface area contributed by atoms with Crippen LogP contribution in [0.2, 0.25) is 0 Å². The summed E-state index contributed by atoms with van der Waals surface area (Å²) in [6, 6.07) is 0. The van der Waals surface area contributed by atoms with Crippen molar-refractivity contribution >= 4 is 5.91 Å². The standard InChI is InChI=1S/C13H22N2O2/c1-4-5-6-7-8-14-13(16)9-12-10(2)15-17-11(12)3/h4-9H2,1-3H3,(H,14,16). The van der Waals surface area contributed by atoms with Crippen molar-refractivity contribution in [2.75, 3.05) is 6.54 Å². The van der Waals surface area contributed by atoms with Crippen molar-refractivity contribution in [1.29, 1.82) is 0 Å². The first kappa shape index (κ1) is 13.7. The Labute approximate surface area is 103 Å². The SMILES string of the molecule is CCCCCCNC(=O)Cc1c(C)noc1C. The van der Waals surface area contributed by atoms with E-state index in [4.69, 9.17) is 4.52 Å². The van der Waals surface area contributed by atoms with Crippen molar-refractivity contribution < 1.29 is 9.32 Å². The molecule has 0 aliphatic heterocycles. The molecule has 0 aromatic carbocycles. The molecule has 1 amide bonds. The van der Waals surface area contributed by atoms with Gasteiger partial charge in [-0.2, -0.15) is 0 Å². The normalized spacial score (nSPS) is 10.5. The molecule has 0 bridgehead atoms. The molecule has 1 aromatic rings. The molecule has 0 saturated carbocycles. The van der Waals surface area contributed by atoms with Crippen molar-refractivity contribution in [3.8, 4) is 0 Å². The van der Waals surface area contributed by atoms with Gasteiger partial charge in [-0.3, -0.25) is 4.79 Å². The molecule has 0 fully saturated rings. The van der Waals surface area contributed by atoms with Gasteiger partial charge >= 0.3 is 0 Å². The average Bonchev–Trinajstić information content (AvgIpc) is 2.60. The van der Waals surface area contributed by atoms with E-state index in [1.54, 1.807) is 0 Å². The number of aryl methyl sites for hydroxylation is 2. The van der Waals surface area contributed by atoms with Crippen molar-refractivity contribution in [3.05, 3.63) is 17.0 Å². The molecule has 1 heterocycles. The number of carbonyl (C=O) groups excluding carboxylic acids is 1. The van der Waals surface area contributed by atoms with Gasteiger partial charge in [0, 0.05) is 12.1 Å². The third-order valence-corrected chi connectivity index (χ3v) is 2.87. The number of amides is 1. The lowest BCUT2D eigenvalue weighted by Crippen LogP contribution is -2.26. The smallest absolute Gasteiger partial charge is 0.224 e. The van der Waals surface area contributed by atoms with Crippen LogP contribution in [0, 0.1) is 13.8 Å². The molecular formula is C13H22N2O2. The summed E-state index contributed by atoms with van der Waals surface area (Å²) in [5.41, 5.74) is 1.72. The van der Waals surface area contributed by atoms with Gasteiger partial charge in [0.25, 0.3) is 0 Å². The van der Waals surface area contributed by atoms with E-state index in [0.717, 1.165) is 30.0 Å². The zero-order chi connectivity index (χ0) is 12.7. The number of nitrogens with one attached hydrogen (secondary N) is 1. The molecule has 0 spiro atoms. The summed E-state index contributed by atoms with van der Waals surface area (Å²) in [5.74, 6) is 0.791. The highest BCUT2D eigenvalue weighted by molar-refractivity contribution is 5.78. The predicted molar refractivity (Wildman–Crippen MR) is 66.8 cm³/mol.